The van der Waals surface area contributed by atoms with E-state index in [2.05, 4.69) is 15.1 Å². The third kappa shape index (κ3) is 3.54. The Hall–Kier alpha value is -2.73. The molecule has 1 N–H and O–H groups in total. The Morgan fingerprint density at radius 3 is 2.70 bits per heavy atom. The van der Waals surface area contributed by atoms with Crippen LogP contribution in [0.15, 0.2) is 48.9 Å². The fraction of sp³-hybridized carbons (Fsp3) is 0.235. The maximum atomic E-state index is 8.89. The highest BCUT2D eigenvalue weighted by Gasteiger charge is 2.07. The summed E-state index contributed by atoms with van der Waals surface area (Å²) in [6.07, 6.45) is 4.11. The molecule has 3 aromatic rings. The average Bonchev–Trinajstić information content (AvgIpc) is 3.09. The van der Waals surface area contributed by atoms with Gasteiger partial charge in [0, 0.05) is 36.5 Å². The Bertz CT molecular complexity index is 786. The van der Waals surface area contributed by atoms with Crippen LogP contribution >= 0.6 is 0 Å². The highest BCUT2D eigenvalue weighted by molar-refractivity contribution is 5.69. The van der Waals surface area contributed by atoms with Gasteiger partial charge in [0.1, 0.15) is 6.33 Å². The largest absolute Gasteiger partial charge is 0.481 e. The molecule has 0 bridgehead atoms. The summed E-state index contributed by atoms with van der Waals surface area (Å²) in [4.78, 5) is 8.32. The highest BCUT2D eigenvalue weighted by Crippen LogP contribution is 2.25. The number of ether oxygens (including phenoxy) is 1. The Morgan fingerprint density at radius 1 is 1.09 bits per heavy atom. The summed E-state index contributed by atoms with van der Waals surface area (Å²) in [6.45, 7) is 0.875. The average molecular weight is 310 g/mol. The summed E-state index contributed by atoms with van der Waals surface area (Å²) in [5.74, 6) is 0.536. The summed E-state index contributed by atoms with van der Waals surface area (Å²) < 4.78 is 6.98. The molecule has 2 heterocycles. The van der Waals surface area contributed by atoms with Crippen LogP contribution in [-0.2, 0) is 6.54 Å². The molecule has 0 aliphatic heterocycles. The number of methoxy groups -OCH3 is 1. The second kappa shape index (κ2) is 7.02. The first kappa shape index (κ1) is 15.2. The van der Waals surface area contributed by atoms with Gasteiger partial charge >= 0.3 is 0 Å². The first-order valence-corrected chi connectivity index (χ1v) is 7.41. The molecule has 0 amide bonds. The number of nitrogens with zero attached hydrogens (tertiary/aromatic N) is 4. The van der Waals surface area contributed by atoms with Gasteiger partial charge in [-0.2, -0.15) is 5.10 Å². The van der Waals surface area contributed by atoms with Crippen LogP contribution < -0.4 is 4.74 Å². The van der Waals surface area contributed by atoms with Gasteiger partial charge in [0.25, 0.3) is 0 Å². The van der Waals surface area contributed by atoms with Crippen molar-refractivity contribution in [1.82, 2.24) is 19.7 Å². The zero-order valence-corrected chi connectivity index (χ0v) is 12.9. The number of aryl methyl sites for hydroxylation is 1. The second-order valence-electron chi connectivity index (χ2n) is 5.07. The molecule has 0 unspecified atom stereocenters. The molecular formula is C17H18N4O2. The molecule has 2 aromatic heterocycles. The van der Waals surface area contributed by atoms with Gasteiger partial charge in [0.2, 0.25) is 5.88 Å². The standard InChI is InChI=1S/C17H18N4O2/c1-23-17-11-16(18-12-19-17)14-5-2-4-13(10-14)15-6-8-21(20-15)7-3-9-22/h2,4-6,8,10-12,22H,3,7,9H2,1H3. The molecule has 0 saturated carbocycles. The number of hydrogen-bond donors (Lipinski definition) is 1. The minimum absolute atomic E-state index is 0.167. The Kier molecular flexibility index (Phi) is 4.63. The van der Waals surface area contributed by atoms with Gasteiger partial charge in [-0.1, -0.05) is 18.2 Å². The molecule has 0 fully saturated rings. The molecule has 0 spiro atoms. The number of aromatic nitrogens is 4. The summed E-state index contributed by atoms with van der Waals surface area (Å²) in [7, 11) is 1.58. The molecule has 3 rings (SSSR count). The van der Waals surface area contributed by atoms with Crippen molar-refractivity contribution in [3.05, 3.63) is 48.9 Å². The van der Waals surface area contributed by atoms with E-state index in [0.29, 0.717) is 18.8 Å². The van der Waals surface area contributed by atoms with Crippen molar-refractivity contribution in [1.29, 1.82) is 0 Å². The van der Waals surface area contributed by atoms with Crippen LogP contribution in [0, 0.1) is 0 Å². The molecule has 0 atom stereocenters. The monoisotopic (exact) mass is 310 g/mol. The minimum atomic E-state index is 0.167. The fourth-order valence-electron chi connectivity index (χ4n) is 2.32. The fourth-order valence-corrected chi connectivity index (χ4v) is 2.32. The van der Waals surface area contributed by atoms with Crippen LogP contribution in [0.4, 0.5) is 0 Å². The van der Waals surface area contributed by atoms with Crippen molar-refractivity contribution in [3.8, 4) is 28.4 Å². The first-order valence-electron chi connectivity index (χ1n) is 7.41. The van der Waals surface area contributed by atoms with E-state index in [9.17, 15) is 0 Å². The van der Waals surface area contributed by atoms with Gasteiger partial charge in [-0.05, 0) is 18.6 Å². The Balaban J connectivity index is 1.88. The van der Waals surface area contributed by atoms with E-state index in [1.807, 2.05) is 41.2 Å². The van der Waals surface area contributed by atoms with Crippen LogP contribution in [0.3, 0.4) is 0 Å². The van der Waals surface area contributed by atoms with Crippen molar-refractivity contribution in [2.75, 3.05) is 13.7 Å². The van der Waals surface area contributed by atoms with E-state index in [4.69, 9.17) is 9.84 Å². The van der Waals surface area contributed by atoms with Crippen molar-refractivity contribution in [2.45, 2.75) is 13.0 Å². The Labute approximate surface area is 134 Å². The van der Waals surface area contributed by atoms with E-state index in [0.717, 1.165) is 22.5 Å². The van der Waals surface area contributed by atoms with Crippen LogP contribution in [0.1, 0.15) is 6.42 Å². The summed E-state index contributed by atoms with van der Waals surface area (Å²) in [6, 6.07) is 11.8. The lowest BCUT2D eigenvalue weighted by Gasteiger charge is -2.05. The normalized spacial score (nSPS) is 10.7. The van der Waals surface area contributed by atoms with Crippen molar-refractivity contribution in [3.63, 3.8) is 0 Å². The summed E-state index contributed by atoms with van der Waals surface area (Å²) in [5, 5.41) is 13.4. The maximum absolute atomic E-state index is 8.89. The topological polar surface area (TPSA) is 73.1 Å². The third-order valence-corrected chi connectivity index (χ3v) is 3.49. The second-order valence-corrected chi connectivity index (χ2v) is 5.07. The van der Waals surface area contributed by atoms with Crippen LogP contribution in [-0.4, -0.2) is 38.6 Å². The lowest BCUT2D eigenvalue weighted by molar-refractivity contribution is 0.277. The predicted octanol–water partition coefficient (Wildman–Crippen LogP) is 2.40. The highest BCUT2D eigenvalue weighted by atomic mass is 16.5. The van der Waals surface area contributed by atoms with Crippen LogP contribution in [0.25, 0.3) is 22.5 Å². The van der Waals surface area contributed by atoms with E-state index >= 15 is 0 Å². The van der Waals surface area contributed by atoms with Gasteiger partial charge in [-0.15, -0.1) is 0 Å². The van der Waals surface area contributed by atoms with Crippen LogP contribution in [0.5, 0.6) is 5.88 Å². The van der Waals surface area contributed by atoms with E-state index in [1.165, 1.54) is 6.33 Å². The molecule has 23 heavy (non-hydrogen) atoms. The van der Waals surface area contributed by atoms with Gasteiger partial charge in [0.15, 0.2) is 0 Å². The summed E-state index contributed by atoms with van der Waals surface area (Å²) >= 11 is 0. The predicted molar refractivity (Wildman–Crippen MR) is 86.9 cm³/mol. The van der Waals surface area contributed by atoms with E-state index in [1.54, 1.807) is 13.2 Å². The molecule has 0 saturated heterocycles. The van der Waals surface area contributed by atoms with E-state index < -0.39 is 0 Å². The molecular weight excluding hydrogens is 292 g/mol. The minimum Gasteiger partial charge on any atom is -0.481 e. The molecule has 0 radical (unpaired) electrons. The van der Waals surface area contributed by atoms with Crippen molar-refractivity contribution >= 4 is 0 Å². The van der Waals surface area contributed by atoms with Crippen molar-refractivity contribution < 1.29 is 9.84 Å². The first-order chi connectivity index (χ1) is 11.3. The van der Waals surface area contributed by atoms with Crippen molar-refractivity contribution in [2.24, 2.45) is 0 Å². The quantitative estimate of drug-likeness (QED) is 0.757. The molecule has 118 valence electrons. The lowest BCUT2D eigenvalue weighted by Crippen LogP contribution is -2.00. The van der Waals surface area contributed by atoms with Gasteiger partial charge in [-0.25, -0.2) is 9.97 Å². The molecule has 6 heteroatoms. The number of aliphatic hydroxyl groups is 1. The zero-order valence-electron chi connectivity index (χ0n) is 12.9. The molecule has 0 aliphatic carbocycles. The van der Waals surface area contributed by atoms with Crippen LogP contribution in [0.2, 0.25) is 0 Å². The zero-order chi connectivity index (χ0) is 16.1. The number of rotatable bonds is 6. The number of hydrogen-bond acceptors (Lipinski definition) is 5. The lowest BCUT2D eigenvalue weighted by atomic mass is 10.1. The SMILES string of the molecule is COc1cc(-c2cccc(-c3ccn(CCCO)n3)c2)ncn1. The molecule has 0 aliphatic rings. The third-order valence-electron chi connectivity index (χ3n) is 3.49. The molecule has 6 nitrogen and oxygen atoms in total. The van der Waals surface area contributed by atoms with Gasteiger partial charge < -0.3 is 9.84 Å². The maximum Gasteiger partial charge on any atom is 0.216 e. The van der Waals surface area contributed by atoms with E-state index in [-0.39, 0.29) is 6.61 Å². The van der Waals surface area contributed by atoms with Gasteiger partial charge in [-0.3, -0.25) is 4.68 Å². The molecule has 1 aromatic carbocycles. The Morgan fingerprint density at radius 2 is 1.91 bits per heavy atom. The smallest absolute Gasteiger partial charge is 0.216 e. The summed E-state index contributed by atoms with van der Waals surface area (Å²) in [5.41, 5.74) is 3.69. The van der Waals surface area contributed by atoms with Gasteiger partial charge in [0.05, 0.1) is 18.5 Å². The number of benzene rings is 1. The number of aliphatic hydroxyl groups excluding tert-OH is 1.